The third-order valence-corrected chi connectivity index (χ3v) is 6.99. The molecule has 236 valence electrons. The van der Waals surface area contributed by atoms with E-state index >= 15 is 0 Å². The van der Waals surface area contributed by atoms with Gasteiger partial charge >= 0.3 is 5.97 Å². The molecule has 1 aliphatic rings. The summed E-state index contributed by atoms with van der Waals surface area (Å²) in [5.41, 5.74) is 0.926. The first-order valence-corrected chi connectivity index (χ1v) is 15.0. The highest BCUT2D eigenvalue weighted by Gasteiger charge is 2.21. The number of rotatable bonds is 12. The fourth-order valence-corrected chi connectivity index (χ4v) is 5.07. The lowest BCUT2D eigenvalue weighted by Crippen LogP contribution is -2.38. The summed E-state index contributed by atoms with van der Waals surface area (Å²) < 4.78 is 25.4. The van der Waals surface area contributed by atoms with Crippen LogP contribution in [0, 0.1) is 5.82 Å². The van der Waals surface area contributed by atoms with Crippen molar-refractivity contribution in [1.82, 2.24) is 14.9 Å². The van der Waals surface area contributed by atoms with Crippen LogP contribution in [-0.4, -0.2) is 69.3 Å². The van der Waals surface area contributed by atoms with E-state index in [0.29, 0.717) is 33.8 Å². The average molecular weight is 628 g/mol. The number of ether oxygens (including phenoxy) is 2. The van der Waals surface area contributed by atoms with Gasteiger partial charge in [-0.2, -0.15) is 0 Å². The van der Waals surface area contributed by atoms with Crippen LogP contribution in [0.5, 0.6) is 5.75 Å². The number of nitrogens with zero attached hydrogens (tertiary/aromatic N) is 3. The van der Waals surface area contributed by atoms with Gasteiger partial charge < -0.3 is 25.2 Å². The summed E-state index contributed by atoms with van der Waals surface area (Å²) in [6.07, 6.45) is 7.74. The van der Waals surface area contributed by atoms with E-state index < -0.39 is 29.4 Å². The molecule has 0 bridgehead atoms. The number of benzene rings is 2. The third kappa shape index (κ3) is 9.87. The maximum atomic E-state index is 13.7. The fourth-order valence-electron chi connectivity index (χ4n) is 4.89. The van der Waals surface area contributed by atoms with Gasteiger partial charge in [-0.3, -0.25) is 14.5 Å². The van der Waals surface area contributed by atoms with Crippen molar-refractivity contribution in [1.29, 1.82) is 0 Å². The summed E-state index contributed by atoms with van der Waals surface area (Å²) in [5.74, 6) is -0.439. The molecule has 1 atom stereocenters. The lowest BCUT2D eigenvalue weighted by Gasteiger charge is -2.25. The largest absolute Gasteiger partial charge is 0.488 e. The first-order valence-electron chi connectivity index (χ1n) is 14.6. The molecule has 1 unspecified atom stereocenters. The Hall–Kier alpha value is -3.80. The lowest BCUT2D eigenvalue weighted by atomic mass is 10.1. The molecule has 0 radical (unpaired) electrons. The summed E-state index contributed by atoms with van der Waals surface area (Å²) >= 11 is 5.96. The van der Waals surface area contributed by atoms with Crippen molar-refractivity contribution in [3.63, 3.8) is 0 Å². The van der Waals surface area contributed by atoms with Gasteiger partial charge in [-0.25, -0.2) is 14.4 Å². The van der Waals surface area contributed by atoms with Gasteiger partial charge in [0.15, 0.2) is 0 Å². The predicted octanol–water partition coefficient (Wildman–Crippen LogP) is 6.01. The number of carbonyl (C=O) groups excluding carboxylic acids is 2. The van der Waals surface area contributed by atoms with Crippen molar-refractivity contribution < 1.29 is 28.6 Å². The zero-order valence-corrected chi connectivity index (χ0v) is 26.2. The van der Waals surface area contributed by atoms with E-state index in [1.165, 1.54) is 24.5 Å². The molecule has 1 aliphatic carbocycles. The minimum atomic E-state index is -0.677. The Morgan fingerprint density at radius 1 is 1.20 bits per heavy atom. The Bertz CT molecular complexity index is 1500. The Balaban J connectivity index is 1.55. The first-order chi connectivity index (χ1) is 20.9. The summed E-state index contributed by atoms with van der Waals surface area (Å²) in [7, 11) is 0. The Morgan fingerprint density at radius 2 is 1.95 bits per heavy atom. The van der Waals surface area contributed by atoms with Crippen molar-refractivity contribution >= 4 is 51.6 Å². The van der Waals surface area contributed by atoms with E-state index in [2.05, 4.69) is 20.6 Å². The molecular formula is C32H39ClFN5O5. The van der Waals surface area contributed by atoms with Crippen LogP contribution in [0.25, 0.3) is 10.9 Å². The summed E-state index contributed by atoms with van der Waals surface area (Å²) in [5, 5.41) is 16.5. The van der Waals surface area contributed by atoms with Gasteiger partial charge in [0.2, 0.25) is 5.91 Å². The Kier molecular flexibility index (Phi) is 11.1. The molecule has 0 aliphatic heterocycles. The number of carbonyl (C=O) groups is 2. The lowest BCUT2D eigenvalue weighted by molar-refractivity contribution is -0.156. The highest BCUT2D eigenvalue weighted by Crippen LogP contribution is 2.36. The first kappa shape index (κ1) is 33.1. The molecule has 3 N–H and O–H groups in total. The van der Waals surface area contributed by atoms with Crippen LogP contribution in [0.15, 0.2) is 48.8 Å². The number of esters is 1. The predicted molar refractivity (Wildman–Crippen MR) is 169 cm³/mol. The topological polar surface area (TPSA) is 126 Å². The second-order valence-corrected chi connectivity index (χ2v) is 12.3. The second kappa shape index (κ2) is 14.8. The van der Waals surface area contributed by atoms with E-state index in [4.69, 9.17) is 21.1 Å². The quantitative estimate of drug-likeness (QED) is 0.164. The van der Waals surface area contributed by atoms with Gasteiger partial charge in [0.25, 0.3) is 0 Å². The number of hydrogen-bond acceptors (Lipinski definition) is 9. The number of aliphatic hydroxyl groups is 1. The summed E-state index contributed by atoms with van der Waals surface area (Å²) in [6, 6.07) is 7.77. The number of aliphatic hydroxyl groups excluding tert-OH is 1. The highest BCUT2D eigenvalue weighted by atomic mass is 35.5. The van der Waals surface area contributed by atoms with E-state index in [1.807, 2.05) is 0 Å². The number of nitrogens with one attached hydrogen (secondary N) is 2. The van der Waals surface area contributed by atoms with Crippen molar-refractivity contribution in [2.45, 2.75) is 71.2 Å². The molecule has 1 amide bonds. The van der Waals surface area contributed by atoms with Crippen LogP contribution in [0.2, 0.25) is 5.02 Å². The molecule has 44 heavy (non-hydrogen) atoms. The number of hydrogen-bond donors (Lipinski definition) is 3. The second-order valence-electron chi connectivity index (χ2n) is 11.9. The molecule has 0 saturated heterocycles. The fraction of sp³-hybridized carbons (Fsp3) is 0.438. The average Bonchev–Trinajstić information content (AvgIpc) is 3.43. The van der Waals surface area contributed by atoms with Crippen molar-refractivity contribution in [2.24, 2.45) is 0 Å². The monoisotopic (exact) mass is 627 g/mol. The van der Waals surface area contributed by atoms with Crippen LogP contribution in [0.3, 0.4) is 0 Å². The maximum absolute atomic E-state index is 13.7. The molecule has 0 spiro atoms. The maximum Gasteiger partial charge on any atom is 0.320 e. The minimum absolute atomic E-state index is 0.0290. The van der Waals surface area contributed by atoms with E-state index in [0.717, 1.165) is 25.7 Å². The van der Waals surface area contributed by atoms with E-state index in [9.17, 15) is 19.1 Å². The molecule has 1 heterocycles. The molecule has 4 rings (SSSR count). The standard InChI is InChI=1S/C32H39ClFN5O5/c1-20(40)17-39(18-30(42)44-32(2,3)4)13-7-10-29(41)38-27-15-23-26(16-28(27)43-22-8-5-6-9-22)35-19-36-31(23)37-21-11-12-25(34)24(33)14-21/h7,10-12,14-16,19-20,22,40H,5-6,8-9,13,17-18H2,1-4H3,(H,38,41)(H,35,36,37). The normalized spacial score (nSPS) is 14.7. The van der Waals surface area contributed by atoms with Crippen LogP contribution in [0.1, 0.15) is 53.4 Å². The highest BCUT2D eigenvalue weighted by molar-refractivity contribution is 6.31. The van der Waals surface area contributed by atoms with Crippen molar-refractivity contribution in [3.8, 4) is 5.75 Å². The van der Waals surface area contributed by atoms with Crippen LogP contribution >= 0.6 is 11.6 Å². The molecule has 3 aromatic rings. The summed E-state index contributed by atoms with van der Waals surface area (Å²) in [4.78, 5) is 35.9. The van der Waals surface area contributed by atoms with Crippen molar-refractivity contribution in [3.05, 3.63) is 59.7 Å². The summed E-state index contributed by atoms with van der Waals surface area (Å²) in [6.45, 7) is 7.42. The number of fused-ring (bicyclic) bond motifs is 1. The minimum Gasteiger partial charge on any atom is -0.488 e. The number of anilines is 3. The van der Waals surface area contributed by atoms with Gasteiger partial charge in [-0.15, -0.1) is 0 Å². The smallest absolute Gasteiger partial charge is 0.320 e. The van der Waals surface area contributed by atoms with Gasteiger partial charge in [-0.05, 0) is 77.6 Å². The van der Waals surface area contributed by atoms with Gasteiger partial charge in [-0.1, -0.05) is 17.7 Å². The van der Waals surface area contributed by atoms with Crippen LogP contribution in [0.4, 0.5) is 21.6 Å². The Labute approximate surface area is 261 Å². The van der Waals surface area contributed by atoms with Gasteiger partial charge in [0, 0.05) is 36.3 Å². The molecule has 1 saturated carbocycles. The molecule has 2 aromatic carbocycles. The number of amides is 1. The van der Waals surface area contributed by atoms with E-state index in [1.54, 1.807) is 56.9 Å². The van der Waals surface area contributed by atoms with Crippen LogP contribution < -0.4 is 15.4 Å². The molecule has 1 aromatic heterocycles. The van der Waals surface area contributed by atoms with E-state index in [-0.39, 0.29) is 30.8 Å². The number of aromatic nitrogens is 2. The van der Waals surface area contributed by atoms with Crippen molar-refractivity contribution in [2.75, 3.05) is 30.3 Å². The number of halogens is 2. The Morgan fingerprint density at radius 3 is 2.64 bits per heavy atom. The SMILES string of the molecule is CC(O)CN(CC=CC(=O)Nc1cc2c(Nc3ccc(F)c(Cl)c3)ncnc2cc1OC1CCCC1)CC(=O)OC(C)(C)C. The zero-order valence-electron chi connectivity index (χ0n) is 25.4. The zero-order chi connectivity index (χ0) is 31.9. The van der Waals surface area contributed by atoms with Gasteiger partial charge in [0.1, 0.15) is 29.3 Å². The third-order valence-electron chi connectivity index (χ3n) is 6.70. The molecule has 1 fully saturated rings. The molecule has 12 heteroatoms. The molecular weight excluding hydrogens is 589 g/mol. The molecule has 10 nitrogen and oxygen atoms in total. The van der Waals surface area contributed by atoms with Crippen LogP contribution in [-0.2, 0) is 14.3 Å². The van der Waals surface area contributed by atoms with Gasteiger partial charge in [0.05, 0.1) is 35.0 Å².